The van der Waals surface area contributed by atoms with Gasteiger partial charge in [-0.2, -0.15) is 4.68 Å². The first-order valence-electron chi connectivity index (χ1n) is 7.41. The van der Waals surface area contributed by atoms with E-state index in [9.17, 15) is 0 Å². The summed E-state index contributed by atoms with van der Waals surface area (Å²) in [4.78, 5) is 0. The summed E-state index contributed by atoms with van der Waals surface area (Å²) in [5.74, 6) is 2.29. The minimum absolute atomic E-state index is 0.673. The molecule has 1 aromatic heterocycles. The average Bonchev–Trinajstić information content (AvgIpc) is 3.08. The second-order valence-corrected chi connectivity index (χ2v) is 6.07. The Bertz CT molecular complexity index is 835. The molecule has 24 heavy (non-hydrogen) atoms. The van der Waals surface area contributed by atoms with Gasteiger partial charge in [-0.05, 0) is 47.2 Å². The molecule has 3 aromatic rings. The van der Waals surface area contributed by atoms with Crippen molar-refractivity contribution in [3.63, 3.8) is 0 Å². The second-order valence-electron chi connectivity index (χ2n) is 5.13. The SMILES string of the molecule is COc1ccc(OC)c(CSc2nnnn2-c2ccccc2C)c1. The van der Waals surface area contributed by atoms with E-state index in [1.165, 1.54) is 0 Å². The molecule has 7 heteroatoms. The standard InChI is InChI=1S/C17H18N4O2S/c1-12-6-4-5-7-15(12)21-17(18-19-20-21)24-11-13-10-14(22-2)8-9-16(13)23-3/h4-10H,11H2,1-3H3. The number of para-hydroxylation sites is 1. The van der Waals surface area contributed by atoms with Crippen molar-refractivity contribution in [2.75, 3.05) is 14.2 Å². The normalized spacial score (nSPS) is 10.6. The van der Waals surface area contributed by atoms with Crippen LogP contribution in [0.4, 0.5) is 0 Å². The number of thioether (sulfide) groups is 1. The van der Waals surface area contributed by atoms with Gasteiger partial charge >= 0.3 is 0 Å². The van der Waals surface area contributed by atoms with Gasteiger partial charge in [-0.3, -0.25) is 0 Å². The van der Waals surface area contributed by atoms with Gasteiger partial charge in [0.15, 0.2) is 0 Å². The van der Waals surface area contributed by atoms with Crippen molar-refractivity contribution < 1.29 is 9.47 Å². The number of methoxy groups -OCH3 is 2. The fraction of sp³-hybridized carbons (Fsp3) is 0.235. The third-order valence-electron chi connectivity index (χ3n) is 3.63. The van der Waals surface area contributed by atoms with Crippen LogP contribution in [0.5, 0.6) is 11.5 Å². The van der Waals surface area contributed by atoms with E-state index in [0.717, 1.165) is 33.5 Å². The molecule has 6 nitrogen and oxygen atoms in total. The van der Waals surface area contributed by atoms with Crippen LogP contribution in [0.25, 0.3) is 5.69 Å². The van der Waals surface area contributed by atoms with E-state index < -0.39 is 0 Å². The van der Waals surface area contributed by atoms with E-state index in [1.54, 1.807) is 30.7 Å². The zero-order valence-corrected chi connectivity index (χ0v) is 14.6. The number of nitrogens with zero attached hydrogens (tertiary/aromatic N) is 4. The van der Waals surface area contributed by atoms with Crippen molar-refractivity contribution in [1.82, 2.24) is 20.2 Å². The Labute approximate surface area is 144 Å². The Kier molecular flexibility index (Phi) is 5.00. The average molecular weight is 342 g/mol. The van der Waals surface area contributed by atoms with Gasteiger partial charge < -0.3 is 9.47 Å². The topological polar surface area (TPSA) is 62.1 Å². The summed E-state index contributed by atoms with van der Waals surface area (Å²) in [6.07, 6.45) is 0. The predicted octanol–water partition coefficient (Wildman–Crippen LogP) is 3.28. The number of ether oxygens (including phenoxy) is 2. The number of hydrogen-bond donors (Lipinski definition) is 0. The van der Waals surface area contributed by atoms with Crippen LogP contribution in [0.2, 0.25) is 0 Å². The van der Waals surface area contributed by atoms with Crippen molar-refractivity contribution in [1.29, 1.82) is 0 Å². The lowest BCUT2D eigenvalue weighted by atomic mass is 10.2. The smallest absolute Gasteiger partial charge is 0.214 e. The van der Waals surface area contributed by atoms with Crippen LogP contribution in [0.1, 0.15) is 11.1 Å². The highest BCUT2D eigenvalue weighted by atomic mass is 32.2. The molecule has 0 aliphatic heterocycles. The lowest BCUT2D eigenvalue weighted by Crippen LogP contribution is -2.01. The first kappa shape index (κ1) is 16.3. The summed E-state index contributed by atoms with van der Waals surface area (Å²) in [6.45, 7) is 2.04. The van der Waals surface area contributed by atoms with Gasteiger partial charge in [0.05, 0.1) is 19.9 Å². The Morgan fingerprint density at radius 1 is 1.08 bits per heavy atom. The van der Waals surface area contributed by atoms with Gasteiger partial charge in [0, 0.05) is 11.3 Å². The summed E-state index contributed by atoms with van der Waals surface area (Å²) in [7, 11) is 3.31. The number of aryl methyl sites for hydroxylation is 1. The van der Waals surface area contributed by atoms with E-state index in [-0.39, 0.29) is 0 Å². The maximum Gasteiger partial charge on any atom is 0.214 e. The highest BCUT2D eigenvalue weighted by molar-refractivity contribution is 7.98. The summed E-state index contributed by atoms with van der Waals surface area (Å²) in [5, 5.41) is 12.8. The molecule has 0 saturated carbocycles. The molecule has 0 bridgehead atoms. The van der Waals surface area contributed by atoms with Crippen molar-refractivity contribution in [2.45, 2.75) is 17.8 Å². The minimum atomic E-state index is 0.673. The highest BCUT2D eigenvalue weighted by Gasteiger charge is 2.13. The number of benzene rings is 2. The molecule has 2 aromatic carbocycles. The van der Waals surface area contributed by atoms with Gasteiger partial charge in [-0.1, -0.05) is 30.0 Å². The lowest BCUT2D eigenvalue weighted by Gasteiger charge is -2.10. The van der Waals surface area contributed by atoms with Gasteiger partial charge in [-0.25, -0.2) is 0 Å². The summed E-state index contributed by atoms with van der Waals surface area (Å²) in [5.41, 5.74) is 3.12. The molecule has 0 atom stereocenters. The van der Waals surface area contributed by atoms with Crippen molar-refractivity contribution in [3.05, 3.63) is 53.6 Å². The molecule has 0 N–H and O–H groups in total. The molecule has 0 aliphatic carbocycles. The van der Waals surface area contributed by atoms with Crippen LogP contribution in [0.15, 0.2) is 47.6 Å². The molecular weight excluding hydrogens is 324 g/mol. The molecule has 0 amide bonds. The molecule has 0 unspecified atom stereocenters. The van der Waals surface area contributed by atoms with Crippen LogP contribution in [0.3, 0.4) is 0 Å². The third kappa shape index (κ3) is 3.35. The van der Waals surface area contributed by atoms with Gasteiger partial charge in [-0.15, -0.1) is 5.10 Å². The summed E-state index contributed by atoms with van der Waals surface area (Å²) in [6, 6.07) is 13.8. The Hall–Kier alpha value is -2.54. The summed E-state index contributed by atoms with van der Waals surface area (Å²) >= 11 is 1.55. The lowest BCUT2D eigenvalue weighted by molar-refractivity contribution is 0.400. The van der Waals surface area contributed by atoms with Gasteiger partial charge in [0.2, 0.25) is 5.16 Å². The largest absolute Gasteiger partial charge is 0.497 e. The maximum atomic E-state index is 5.42. The molecule has 0 saturated heterocycles. The van der Waals surface area contributed by atoms with Crippen molar-refractivity contribution in [3.8, 4) is 17.2 Å². The number of tetrazole rings is 1. The quantitative estimate of drug-likeness (QED) is 0.641. The highest BCUT2D eigenvalue weighted by Crippen LogP contribution is 2.30. The Balaban J connectivity index is 1.84. The van der Waals surface area contributed by atoms with Gasteiger partial charge in [0.1, 0.15) is 11.5 Å². The first-order valence-corrected chi connectivity index (χ1v) is 8.39. The molecule has 124 valence electrons. The first-order chi connectivity index (χ1) is 11.7. The van der Waals surface area contributed by atoms with Crippen LogP contribution in [-0.2, 0) is 5.75 Å². The molecule has 3 rings (SSSR count). The molecule has 0 fully saturated rings. The molecule has 0 radical (unpaired) electrons. The van der Waals surface area contributed by atoms with E-state index >= 15 is 0 Å². The predicted molar refractivity (Wildman–Crippen MR) is 93.0 cm³/mol. The second kappa shape index (κ2) is 7.35. The number of rotatable bonds is 6. The van der Waals surface area contributed by atoms with Crippen molar-refractivity contribution in [2.24, 2.45) is 0 Å². The Morgan fingerprint density at radius 2 is 1.92 bits per heavy atom. The zero-order valence-electron chi connectivity index (χ0n) is 13.8. The fourth-order valence-electron chi connectivity index (χ4n) is 2.36. The Morgan fingerprint density at radius 3 is 2.67 bits per heavy atom. The molecule has 0 aliphatic rings. The van der Waals surface area contributed by atoms with E-state index in [1.807, 2.05) is 49.4 Å². The molecular formula is C17H18N4O2S. The third-order valence-corrected chi connectivity index (χ3v) is 4.60. The van der Waals surface area contributed by atoms with E-state index in [2.05, 4.69) is 15.5 Å². The van der Waals surface area contributed by atoms with Crippen LogP contribution < -0.4 is 9.47 Å². The zero-order chi connectivity index (χ0) is 16.9. The molecule has 0 spiro atoms. The maximum absolute atomic E-state index is 5.42. The van der Waals surface area contributed by atoms with Crippen LogP contribution >= 0.6 is 11.8 Å². The van der Waals surface area contributed by atoms with Crippen LogP contribution in [0, 0.1) is 6.92 Å². The number of hydrogen-bond acceptors (Lipinski definition) is 6. The van der Waals surface area contributed by atoms with Gasteiger partial charge in [0.25, 0.3) is 0 Å². The summed E-state index contributed by atoms with van der Waals surface area (Å²) < 4.78 is 12.5. The molecule has 1 heterocycles. The minimum Gasteiger partial charge on any atom is -0.497 e. The monoisotopic (exact) mass is 342 g/mol. The van der Waals surface area contributed by atoms with Crippen molar-refractivity contribution >= 4 is 11.8 Å². The number of aromatic nitrogens is 4. The van der Waals surface area contributed by atoms with E-state index in [0.29, 0.717) is 5.75 Å². The van der Waals surface area contributed by atoms with Crippen LogP contribution in [-0.4, -0.2) is 34.4 Å². The van der Waals surface area contributed by atoms with E-state index in [4.69, 9.17) is 9.47 Å². The fourth-order valence-corrected chi connectivity index (χ4v) is 3.22.